The molecule has 6 nitrogen and oxygen atoms in total. The fraction of sp³-hybridized carbons (Fsp3) is 0.619. The van der Waals surface area contributed by atoms with Gasteiger partial charge in [0.05, 0.1) is 11.8 Å². The zero-order valence-electron chi connectivity index (χ0n) is 17.4. The average Bonchev–Trinajstić information content (AvgIpc) is 3.26. The van der Waals surface area contributed by atoms with Gasteiger partial charge in [0.2, 0.25) is 14.3 Å². The van der Waals surface area contributed by atoms with Gasteiger partial charge in [-0.15, -0.1) is 0 Å². The molecule has 0 aromatic heterocycles. The van der Waals surface area contributed by atoms with Crippen LogP contribution in [-0.2, 0) is 19.9 Å². The smallest absolute Gasteiger partial charge is 0.264 e. The summed E-state index contributed by atoms with van der Waals surface area (Å²) in [7, 11) is -1.47. The van der Waals surface area contributed by atoms with Crippen LogP contribution < -0.4 is 9.80 Å². The summed E-state index contributed by atoms with van der Waals surface area (Å²) in [5.74, 6) is -0.495. The summed E-state index contributed by atoms with van der Waals surface area (Å²) in [5.41, 5.74) is 0.514. The van der Waals surface area contributed by atoms with Crippen LogP contribution in [0.1, 0.15) is 31.7 Å². The van der Waals surface area contributed by atoms with Crippen LogP contribution in [0.25, 0.3) is 0 Å². The first-order valence-corrected chi connectivity index (χ1v) is 13.3. The summed E-state index contributed by atoms with van der Waals surface area (Å²) in [4.78, 5) is 29.0. The molecule has 2 fully saturated rings. The number of likely N-dealkylation sites (N-methyl/N-ethyl adjacent to an activating group) is 1. The number of benzene rings is 1. The van der Waals surface area contributed by atoms with Crippen LogP contribution in [0.4, 0.5) is 15.5 Å². The van der Waals surface area contributed by atoms with Gasteiger partial charge in [-0.3, -0.25) is 9.59 Å². The fourth-order valence-electron chi connectivity index (χ4n) is 5.63. The number of hydrogen-bond acceptors (Lipinski definition) is 4. The standard InChI is InChI=1S/C21H29FN2O4Si/c1-13-19(29(3,4)22)17(9-11-25)28-21(13)15-12-14(24-10-5-6-18(24)26)7-8-16(15)23(2)20(21)27/h7-8,12-13,17,19,25H,5-6,9-11H2,1-4H3/t13-,17+,19-,21+/m0/s1. The molecule has 0 radical (unpaired) electrons. The first-order valence-electron chi connectivity index (χ1n) is 10.3. The third-order valence-electron chi connectivity index (χ3n) is 6.87. The van der Waals surface area contributed by atoms with E-state index < -0.39 is 25.7 Å². The highest BCUT2D eigenvalue weighted by Gasteiger charge is 2.66. The SMILES string of the molecule is C[C@H]1[C@H]([Si](C)(C)F)[C@@H](CCO)O[C@]12C(=O)N(C)c1ccc(N3CCCC3=O)cc12. The van der Waals surface area contributed by atoms with Gasteiger partial charge >= 0.3 is 0 Å². The largest absolute Gasteiger partial charge is 0.396 e. The Kier molecular flexibility index (Phi) is 4.87. The molecule has 0 saturated carbocycles. The van der Waals surface area contributed by atoms with Gasteiger partial charge < -0.3 is 23.8 Å². The lowest BCUT2D eigenvalue weighted by Gasteiger charge is -2.31. The van der Waals surface area contributed by atoms with Crippen LogP contribution in [0.2, 0.25) is 18.6 Å². The van der Waals surface area contributed by atoms with Crippen LogP contribution in [0.15, 0.2) is 18.2 Å². The third kappa shape index (κ3) is 2.87. The van der Waals surface area contributed by atoms with Gasteiger partial charge in [0, 0.05) is 49.3 Å². The van der Waals surface area contributed by atoms with E-state index in [1.165, 1.54) is 0 Å². The molecule has 1 N–H and O–H groups in total. The van der Waals surface area contributed by atoms with Crippen molar-refractivity contribution >= 4 is 31.6 Å². The molecule has 0 unspecified atom stereocenters. The lowest BCUT2D eigenvalue weighted by Crippen LogP contribution is -2.44. The summed E-state index contributed by atoms with van der Waals surface area (Å²) in [6.45, 7) is 5.72. The van der Waals surface area contributed by atoms with E-state index in [9.17, 15) is 14.7 Å². The molecule has 1 aromatic rings. The molecule has 29 heavy (non-hydrogen) atoms. The van der Waals surface area contributed by atoms with E-state index in [2.05, 4.69) is 0 Å². The second-order valence-corrected chi connectivity index (χ2v) is 12.8. The molecule has 1 spiro atoms. The zero-order chi connectivity index (χ0) is 21.1. The Balaban J connectivity index is 1.84. The summed E-state index contributed by atoms with van der Waals surface area (Å²) in [6.07, 6.45) is 1.13. The van der Waals surface area contributed by atoms with Gasteiger partial charge in [0.1, 0.15) is 0 Å². The van der Waals surface area contributed by atoms with Crippen molar-refractivity contribution in [3.63, 3.8) is 0 Å². The summed E-state index contributed by atoms with van der Waals surface area (Å²) in [6, 6.07) is 5.59. The van der Waals surface area contributed by atoms with Crippen molar-refractivity contribution in [3.8, 4) is 0 Å². The van der Waals surface area contributed by atoms with Crippen LogP contribution in [0.5, 0.6) is 0 Å². The molecule has 3 aliphatic rings. The van der Waals surface area contributed by atoms with Crippen LogP contribution in [0.3, 0.4) is 0 Å². The Morgan fingerprint density at radius 3 is 2.66 bits per heavy atom. The molecule has 8 heteroatoms. The molecule has 4 rings (SSSR count). The Morgan fingerprint density at radius 2 is 2.07 bits per heavy atom. The van der Waals surface area contributed by atoms with Gasteiger partial charge in [-0.25, -0.2) is 0 Å². The molecular weight excluding hydrogens is 391 g/mol. The minimum absolute atomic E-state index is 0.0744. The van der Waals surface area contributed by atoms with Gasteiger partial charge in [-0.2, -0.15) is 0 Å². The number of nitrogens with zero attached hydrogens (tertiary/aromatic N) is 2. The summed E-state index contributed by atoms with van der Waals surface area (Å²) >= 11 is 0. The molecule has 1 aromatic carbocycles. The number of aliphatic hydroxyl groups is 1. The zero-order valence-corrected chi connectivity index (χ0v) is 18.4. The molecule has 0 bridgehead atoms. The molecule has 2 amide bonds. The predicted molar refractivity (Wildman–Crippen MR) is 111 cm³/mol. The molecule has 2 saturated heterocycles. The van der Waals surface area contributed by atoms with Gasteiger partial charge in [-0.05, 0) is 44.1 Å². The number of aliphatic hydroxyl groups excluding tert-OH is 1. The minimum Gasteiger partial charge on any atom is -0.396 e. The highest BCUT2D eigenvalue weighted by atomic mass is 28.4. The number of hydrogen-bond donors (Lipinski definition) is 1. The van der Waals surface area contributed by atoms with E-state index in [0.29, 0.717) is 24.9 Å². The number of anilines is 2. The number of ether oxygens (including phenoxy) is 1. The van der Waals surface area contributed by atoms with Crippen LogP contribution in [0, 0.1) is 5.92 Å². The highest BCUT2D eigenvalue weighted by Crippen LogP contribution is 2.60. The maximum atomic E-state index is 15.3. The molecule has 0 aliphatic carbocycles. The van der Waals surface area contributed by atoms with Crippen molar-refractivity contribution in [1.29, 1.82) is 0 Å². The number of amides is 2. The van der Waals surface area contributed by atoms with E-state index in [0.717, 1.165) is 17.8 Å². The molecule has 3 aliphatic heterocycles. The van der Waals surface area contributed by atoms with Gasteiger partial charge in [-0.1, -0.05) is 6.92 Å². The topological polar surface area (TPSA) is 70.1 Å². The number of carbonyl (C=O) groups is 2. The van der Waals surface area contributed by atoms with Crippen molar-refractivity contribution in [2.75, 3.05) is 30.0 Å². The lowest BCUT2D eigenvalue weighted by molar-refractivity contribution is -0.146. The van der Waals surface area contributed by atoms with Gasteiger partial charge in [0.15, 0.2) is 5.60 Å². The van der Waals surface area contributed by atoms with E-state index >= 15 is 4.11 Å². The Bertz CT molecular complexity index is 858. The third-order valence-corrected chi connectivity index (χ3v) is 9.33. The second kappa shape index (κ2) is 6.89. The number of fused-ring (bicyclic) bond motifs is 2. The van der Waals surface area contributed by atoms with Gasteiger partial charge in [0.25, 0.3) is 5.91 Å². The predicted octanol–water partition coefficient (Wildman–Crippen LogP) is 2.95. The highest BCUT2D eigenvalue weighted by molar-refractivity contribution is 6.72. The Hall–Kier alpha value is -1.77. The number of rotatable bonds is 4. The Labute approximate surface area is 171 Å². The maximum absolute atomic E-state index is 15.3. The van der Waals surface area contributed by atoms with Crippen LogP contribution in [-0.4, -0.2) is 51.6 Å². The average molecular weight is 421 g/mol. The van der Waals surface area contributed by atoms with E-state index in [-0.39, 0.29) is 24.3 Å². The second-order valence-electron chi connectivity index (χ2n) is 9.00. The van der Waals surface area contributed by atoms with E-state index in [4.69, 9.17) is 4.74 Å². The van der Waals surface area contributed by atoms with Crippen molar-refractivity contribution in [2.24, 2.45) is 5.92 Å². The molecule has 4 atom stereocenters. The normalized spacial score (nSPS) is 32.0. The van der Waals surface area contributed by atoms with E-state index in [1.807, 2.05) is 25.1 Å². The summed E-state index contributed by atoms with van der Waals surface area (Å²) < 4.78 is 21.7. The minimum atomic E-state index is -3.18. The molecular formula is C21H29FN2O4Si. The van der Waals surface area contributed by atoms with E-state index in [1.54, 1.807) is 29.9 Å². The Morgan fingerprint density at radius 1 is 1.34 bits per heavy atom. The van der Waals surface area contributed by atoms with Crippen molar-refractivity contribution in [1.82, 2.24) is 0 Å². The number of halogens is 1. The van der Waals surface area contributed by atoms with Crippen molar-refractivity contribution in [3.05, 3.63) is 23.8 Å². The fourth-order valence-corrected chi connectivity index (χ4v) is 8.17. The van der Waals surface area contributed by atoms with Crippen molar-refractivity contribution in [2.45, 2.75) is 56.5 Å². The molecule has 3 heterocycles. The first-order chi connectivity index (χ1) is 13.6. The maximum Gasteiger partial charge on any atom is 0.264 e. The quantitative estimate of drug-likeness (QED) is 0.601. The molecule has 158 valence electrons. The first kappa shape index (κ1) is 20.5. The van der Waals surface area contributed by atoms with Crippen molar-refractivity contribution < 1.29 is 23.5 Å². The number of carbonyl (C=O) groups excluding carboxylic acids is 2. The summed E-state index contributed by atoms with van der Waals surface area (Å²) in [5, 5.41) is 9.53. The monoisotopic (exact) mass is 420 g/mol. The lowest BCUT2D eigenvalue weighted by atomic mass is 9.82. The van der Waals surface area contributed by atoms with Crippen LogP contribution >= 0.6 is 0 Å².